The molecule has 0 aliphatic rings. The Kier molecular flexibility index (Phi) is 8.51. The summed E-state index contributed by atoms with van der Waals surface area (Å²) in [5.74, 6) is 0. The lowest BCUT2D eigenvalue weighted by atomic mass is 10.0. The fourth-order valence-electron chi connectivity index (χ4n) is 3.40. The fourth-order valence-corrected chi connectivity index (χ4v) is 3.40. The number of allylic oxidation sites excluding steroid dienone is 1. The summed E-state index contributed by atoms with van der Waals surface area (Å²) in [7, 11) is 0. The van der Waals surface area contributed by atoms with E-state index in [1.54, 1.807) is 0 Å². The Morgan fingerprint density at radius 2 is 1.56 bits per heavy atom. The smallest absolute Gasteiger partial charge is 0.255 e. The van der Waals surface area contributed by atoms with Gasteiger partial charge in [0.05, 0.1) is 0 Å². The number of nitrogens with one attached hydrogen (secondary N) is 1. The van der Waals surface area contributed by atoms with Crippen molar-refractivity contribution in [1.29, 1.82) is 0 Å². The van der Waals surface area contributed by atoms with Gasteiger partial charge in [-0.3, -0.25) is 4.79 Å². The van der Waals surface area contributed by atoms with E-state index in [1.165, 1.54) is 57.8 Å². The number of benzene rings is 1. The predicted octanol–water partition coefficient (Wildman–Crippen LogP) is 6.77. The number of H-pyrrole nitrogens is 1. The molecule has 0 spiro atoms. The van der Waals surface area contributed by atoms with E-state index >= 15 is 0 Å². The maximum Gasteiger partial charge on any atom is 0.255 e. The molecule has 1 aromatic carbocycles. The lowest BCUT2D eigenvalue weighted by molar-refractivity contribution is 0.566. The molecule has 2 heteroatoms. The van der Waals surface area contributed by atoms with Gasteiger partial charge in [0.1, 0.15) is 0 Å². The van der Waals surface area contributed by atoms with Crippen LogP contribution in [0.25, 0.3) is 17.0 Å². The van der Waals surface area contributed by atoms with Crippen LogP contribution in [-0.4, -0.2) is 4.98 Å². The molecule has 1 heterocycles. The van der Waals surface area contributed by atoms with E-state index < -0.39 is 0 Å². The number of aromatic amines is 1. The van der Waals surface area contributed by atoms with E-state index in [2.05, 4.69) is 24.1 Å². The van der Waals surface area contributed by atoms with Crippen LogP contribution in [0.1, 0.15) is 82.3 Å². The minimum atomic E-state index is 0.0135. The van der Waals surface area contributed by atoms with Crippen molar-refractivity contribution < 1.29 is 0 Å². The van der Waals surface area contributed by atoms with Crippen LogP contribution in [0, 0.1) is 6.92 Å². The van der Waals surface area contributed by atoms with Crippen LogP contribution in [0.15, 0.2) is 35.1 Å². The molecule has 0 fully saturated rings. The summed E-state index contributed by atoms with van der Waals surface area (Å²) < 4.78 is 0. The first-order chi connectivity index (χ1) is 12.2. The number of aromatic nitrogens is 1. The number of hydrogen-bond acceptors (Lipinski definition) is 1. The van der Waals surface area contributed by atoms with Crippen LogP contribution in [-0.2, 0) is 0 Å². The van der Waals surface area contributed by atoms with Gasteiger partial charge < -0.3 is 4.98 Å². The molecule has 25 heavy (non-hydrogen) atoms. The van der Waals surface area contributed by atoms with Crippen molar-refractivity contribution in [3.8, 4) is 0 Å². The highest BCUT2D eigenvalue weighted by molar-refractivity contribution is 5.84. The molecule has 2 nitrogen and oxygen atoms in total. The Morgan fingerprint density at radius 1 is 0.920 bits per heavy atom. The SMILES string of the molecule is CCCCCCCCCCCC=Cc1c(C)c2ccccc2[nH]c1=O. The van der Waals surface area contributed by atoms with Crippen LogP contribution in [0.2, 0.25) is 0 Å². The molecule has 0 saturated carbocycles. The van der Waals surface area contributed by atoms with E-state index in [1.807, 2.05) is 31.2 Å². The highest BCUT2D eigenvalue weighted by atomic mass is 16.1. The molecular weight excluding hydrogens is 306 g/mol. The van der Waals surface area contributed by atoms with Crippen molar-refractivity contribution >= 4 is 17.0 Å². The third-order valence-corrected chi connectivity index (χ3v) is 4.99. The summed E-state index contributed by atoms with van der Waals surface area (Å²) in [6.07, 6.45) is 17.4. The molecule has 0 amide bonds. The Balaban J connectivity index is 1.74. The zero-order chi connectivity index (χ0) is 17.9. The lowest BCUT2D eigenvalue weighted by Gasteiger charge is -2.05. The van der Waals surface area contributed by atoms with Gasteiger partial charge in [-0.25, -0.2) is 0 Å². The number of hydrogen-bond donors (Lipinski definition) is 1. The van der Waals surface area contributed by atoms with Gasteiger partial charge >= 0.3 is 0 Å². The van der Waals surface area contributed by atoms with Gasteiger partial charge in [-0.2, -0.15) is 0 Å². The van der Waals surface area contributed by atoms with Gasteiger partial charge in [-0.1, -0.05) is 88.6 Å². The molecule has 0 aliphatic carbocycles. The standard InChI is InChI=1S/C23H33NO/c1-3-4-5-6-7-8-9-10-11-12-13-17-21-19(2)20-16-14-15-18-22(20)24-23(21)25/h13-18H,3-12H2,1-2H3,(H,24,25). The van der Waals surface area contributed by atoms with Crippen molar-refractivity contribution in [3.63, 3.8) is 0 Å². The minimum Gasteiger partial charge on any atom is -0.321 e. The first-order valence-corrected chi connectivity index (χ1v) is 10.0. The minimum absolute atomic E-state index is 0.0135. The van der Waals surface area contributed by atoms with E-state index in [0.29, 0.717) is 0 Å². The second-order valence-electron chi connectivity index (χ2n) is 7.06. The average Bonchev–Trinajstić information content (AvgIpc) is 2.62. The van der Waals surface area contributed by atoms with E-state index in [4.69, 9.17) is 0 Å². The second-order valence-corrected chi connectivity index (χ2v) is 7.06. The van der Waals surface area contributed by atoms with Gasteiger partial charge in [0.2, 0.25) is 0 Å². The molecular formula is C23H33NO. The fraction of sp³-hybridized carbons (Fsp3) is 0.522. The summed E-state index contributed by atoms with van der Waals surface area (Å²) in [4.78, 5) is 15.2. The molecule has 1 N–H and O–H groups in total. The number of rotatable bonds is 11. The molecule has 0 unspecified atom stereocenters. The highest BCUT2D eigenvalue weighted by Crippen LogP contribution is 2.18. The first kappa shape index (κ1) is 19.5. The summed E-state index contributed by atoms with van der Waals surface area (Å²) in [5, 5.41) is 1.13. The highest BCUT2D eigenvalue weighted by Gasteiger charge is 2.05. The van der Waals surface area contributed by atoms with E-state index in [9.17, 15) is 4.79 Å². The predicted molar refractivity (Wildman–Crippen MR) is 110 cm³/mol. The van der Waals surface area contributed by atoms with Crippen molar-refractivity contribution in [2.45, 2.75) is 78.1 Å². The summed E-state index contributed by atoms with van der Waals surface area (Å²) >= 11 is 0. The van der Waals surface area contributed by atoms with Crippen molar-refractivity contribution in [2.24, 2.45) is 0 Å². The third-order valence-electron chi connectivity index (χ3n) is 4.99. The van der Waals surface area contributed by atoms with E-state index in [0.717, 1.165) is 28.5 Å². The maximum absolute atomic E-state index is 12.3. The molecule has 2 rings (SSSR count). The van der Waals surface area contributed by atoms with Crippen LogP contribution in [0.4, 0.5) is 0 Å². The zero-order valence-corrected chi connectivity index (χ0v) is 15.9. The quantitative estimate of drug-likeness (QED) is 0.450. The van der Waals surface area contributed by atoms with Crippen molar-refractivity contribution in [3.05, 3.63) is 51.8 Å². The molecule has 1 aromatic heterocycles. The number of aryl methyl sites for hydroxylation is 1. The van der Waals surface area contributed by atoms with Gasteiger partial charge in [0.15, 0.2) is 0 Å². The van der Waals surface area contributed by atoms with Crippen molar-refractivity contribution in [2.75, 3.05) is 0 Å². The Morgan fingerprint density at radius 3 is 2.28 bits per heavy atom. The molecule has 0 atom stereocenters. The normalized spacial score (nSPS) is 11.6. The van der Waals surface area contributed by atoms with Crippen LogP contribution in [0.3, 0.4) is 0 Å². The molecule has 2 aromatic rings. The van der Waals surface area contributed by atoms with Gasteiger partial charge in [-0.15, -0.1) is 0 Å². The molecule has 0 radical (unpaired) electrons. The first-order valence-electron chi connectivity index (χ1n) is 10.0. The number of unbranched alkanes of at least 4 members (excludes halogenated alkanes) is 9. The lowest BCUT2D eigenvalue weighted by Crippen LogP contribution is -2.11. The molecule has 136 valence electrons. The molecule has 0 bridgehead atoms. The van der Waals surface area contributed by atoms with Crippen LogP contribution >= 0.6 is 0 Å². The molecule has 0 saturated heterocycles. The van der Waals surface area contributed by atoms with Gasteiger partial charge in [0.25, 0.3) is 5.56 Å². The van der Waals surface area contributed by atoms with Crippen LogP contribution < -0.4 is 5.56 Å². The van der Waals surface area contributed by atoms with Gasteiger partial charge in [0, 0.05) is 16.5 Å². The third kappa shape index (κ3) is 6.19. The topological polar surface area (TPSA) is 32.9 Å². The Hall–Kier alpha value is -1.83. The van der Waals surface area contributed by atoms with Crippen LogP contribution in [0.5, 0.6) is 0 Å². The number of fused-ring (bicyclic) bond motifs is 1. The zero-order valence-electron chi connectivity index (χ0n) is 15.9. The monoisotopic (exact) mass is 339 g/mol. The van der Waals surface area contributed by atoms with E-state index in [-0.39, 0.29) is 5.56 Å². The second kappa shape index (κ2) is 10.9. The largest absolute Gasteiger partial charge is 0.321 e. The Labute approximate surface area is 152 Å². The van der Waals surface area contributed by atoms with Gasteiger partial charge in [-0.05, 0) is 31.4 Å². The molecule has 0 aliphatic heterocycles. The number of para-hydroxylation sites is 1. The number of pyridine rings is 1. The summed E-state index contributed by atoms with van der Waals surface area (Å²) in [6, 6.07) is 8.00. The summed E-state index contributed by atoms with van der Waals surface area (Å²) in [6.45, 7) is 4.30. The Bertz CT molecular complexity index is 726. The maximum atomic E-state index is 12.3. The van der Waals surface area contributed by atoms with Crippen molar-refractivity contribution in [1.82, 2.24) is 4.98 Å². The summed E-state index contributed by atoms with van der Waals surface area (Å²) in [5.41, 5.74) is 2.80. The average molecular weight is 340 g/mol.